The Kier molecular flexibility index (Phi) is 6.16. The number of methoxy groups -OCH3 is 1. The molecule has 1 aromatic carbocycles. The molecule has 0 bridgehead atoms. The molecule has 2 aliphatic rings. The van der Waals surface area contributed by atoms with Crippen molar-refractivity contribution in [1.82, 2.24) is 34.3 Å². The van der Waals surface area contributed by atoms with E-state index in [1.807, 2.05) is 31.4 Å². The minimum absolute atomic E-state index is 0.156. The molecule has 5 aromatic rings. The molecule has 6 heterocycles. The quantitative estimate of drug-likeness (QED) is 0.329. The molecule has 1 saturated heterocycles. The molecule has 204 valence electrons. The van der Waals surface area contributed by atoms with Gasteiger partial charge in [-0.2, -0.15) is 5.10 Å². The minimum Gasteiger partial charge on any atom is -0.494 e. The molecule has 1 atom stereocenters. The summed E-state index contributed by atoms with van der Waals surface area (Å²) in [7, 11) is 3.65. The standard InChI is InChI=1S/C27H27N9O3S/c1-34-8-4-16(15-34)39-27(37)32-25-18-13-30-19(17-14-31-35-7-3-5-29-26(17)35)10-21(18)36(33-25)22-12-24-20(11-23(22)38-2)28-6-9-40-24/h3,5,7,10-14,16,28H,4,6,8-9,15H2,1-2H3,(H,32,33,37)/t16-/m1/s1. The number of pyridine rings is 1. The molecule has 2 aliphatic heterocycles. The Labute approximate surface area is 233 Å². The van der Waals surface area contributed by atoms with Gasteiger partial charge in [0.25, 0.3) is 0 Å². The Morgan fingerprint density at radius 1 is 1.23 bits per heavy atom. The van der Waals surface area contributed by atoms with Crippen LogP contribution in [0.3, 0.4) is 0 Å². The first-order chi connectivity index (χ1) is 19.6. The van der Waals surface area contributed by atoms with E-state index in [1.54, 1.807) is 46.7 Å². The van der Waals surface area contributed by atoms with Crippen LogP contribution in [0, 0.1) is 0 Å². The summed E-state index contributed by atoms with van der Waals surface area (Å²) in [6.07, 6.45) is 7.12. The number of rotatable bonds is 5. The van der Waals surface area contributed by atoms with E-state index >= 15 is 0 Å². The summed E-state index contributed by atoms with van der Waals surface area (Å²) < 4.78 is 15.0. The van der Waals surface area contributed by atoms with Crippen LogP contribution < -0.4 is 15.4 Å². The fourth-order valence-corrected chi connectivity index (χ4v) is 6.10. The van der Waals surface area contributed by atoms with Crippen LogP contribution in [-0.2, 0) is 4.74 Å². The highest BCUT2D eigenvalue weighted by Crippen LogP contribution is 2.40. The van der Waals surface area contributed by atoms with Crippen LogP contribution in [0.4, 0.5) is 16.3 Å². The highest BCUT2D eigenvalue weighted by Gasteiger charge is 2.25. The number of hydrogen-bond donors (Lipinski definition) is 2. The van der Waals surface area contributed by atoms with Gasteiger partial charge in [-0.3, -0.25) is 10.3 Å². The van der Waals surface area contributed by atoms with Crippen molar-refractivity contribution in [3.63, 3.8) is 0 Å². The minimum atomic E-state index is -0.542. The van der Waals surface area contributed by atoms with Crippen LogP contribution in [0.15, 0.2) is 53.9 Å². The highest BCUT2D eigenvalue weighted by molar-refractivity contribution is 7.99. The number of ether oxygens (including phenoxy) is 2. The van der Waals surface area contributed by atoms with Gasteiger partial charge in [0.1, 0.15) is 17.5 Å². The molecule has 0 unspecified atom stereocenters. The predicted octanol–water partition coefficient (Wildman–Crippen LogP) is 3.91. The first kappa shape index (κ1) is 24.7. The van der Waals surface area contributed by atoms with Gasteiger partial charge >= 0.3 is 6.09 Å². The molecular formula is C27H27N9O3S. The third-order valence-corrected chi connectivity index (χ3v) is 8.20. The molecular weight excluding hydrogens is 530 g/mol. The fraction of sp³-hybridized carbons (Fsp3) is 0.296. The number of likely N-dealkylation sites (tertiary alicyclic amines) is 1. The third kappa shape index (κ3) is 4.36. The number of hydrogen-bond acceptors (Lipinski definition) is 10. The number of nitrogens with one attached hydrogen (secondary N) is 2. The summed E-state index contributed by atoms with van der Waals surface area (Å²) in [4.78, 5) is 25.3. The Hall–Kier alpha value is -4.36. The van der Waals surface area contributed by atoms with Gasteiger partial charge in [-0.25, -0.2) is 19.0 Å². The molecule has 40 heavy (non-hydrogen) atoms. The van der Waals surface area contributed by atoms with Crippen molar-refractivity contribution in [2.75, 3.05) is 50.2 Å². The summed E-state index contributed by atoms with van der Waals surface area (Å²) >= 11 is 1.78. The van der Waals surface area contributed by atoms with E-state index in [4.69, 9.17) is 19.6 Å². The van der Waals surface area contributed by atoms with E-state index in [-0.39, 0.29) is 6.10 Å². The van der Waals surface area contributed by atoms with Crippen LogP contribution in [0.25, 0.3) is 33.5 Å². The smallest absolute Gasteiger partial charge is 0.413 e. The van der Waals surface area contributed by atoms with E-state index < -0.39 is 6.09 Å². The van der Waals surface area contributed by atoms with Crippen molar-refractivity contribution in [2.24, 2.45) is 0 Å². The summed E-state index contributed by atoms with van der Waals surface area (Å²) in [5.74, 6) is 1.97. The SMILES string of the molecule is COc1cc2c(cc1-n1nc(NC(=O)O[C@@H]3CCN(C)C3)c3cnc(-c4cnn5cccnc45)cc31)SCCN2. The van der Waals surface area contributed by atoms with E-state index in [2.05, 4.69) is 31.7 Å². The predicted molar refractivity (Wildman–Crippen MR) is 153 cm³/mol. The lowest BCUT2D eigenvalue weighted by atomic mass is 10.2. The number of likely N-dealkylation sites (N-methyl/N-ethyl adjacent to an activating group) is 1. The lowest BCUT2D eigenvalue weighted by Crippen LogP contribution is -2.25. The monoisotopic (exact) mass is 557 g/mol. The van der Waals surface area contributed by atoms with Gasteiger partial charge < -0.3 is 19.7 Å². The largest absolute Gasteiger partial charge is 0.494 e. The van der Waals surface area contributed by atoms with Crippen LogP contribution in [0.2, 0.25) is 0 Å². The van der Waals surface area contributed by atoms with Crippen LogP contribution in [-0.4, -0.2) is 86.0 Å². The van der Waals surface area contributed by atoms with Crippen molar-refractivity contribution < 1.29 is 14.3 Å². The van der Waals surface area contributed by atoms with Crippen molar-refractivity contribution in [2.45, 2.75) is 17.4 Å². The van der Waals surface area contributed by atoms with Gasteiger partial charge in [-0.1, -0.05) is 0 Å². The van der Waals surface area contributed by atoms with Gasteiger partial charge in [-0.15, -0.1) is 16.9 Å². The molecule has 4 aromatic heterocycles. The summed E-state index contributed by atoms with van der Waals surface area (Å²) in [6, 6.07) is 7.80. The van der Waals surface area contributed by atoms with Crippen molar-refractivity contribution in [1.29, 1.82) is 0 Å². The van der Waals surface area contributed by atoms with Crippen LogP contribution in [0.1, 0.15) is 6.42 Å². The molecule has 0 radical (unpaired) electrons. The molecule has 0 aliphatic carbocycles. The lowest BCUT2D eigenvalue weighted by molar-refractivity contribution is 0.115. The Bertz CT molecular complexity index is 1750. The van der Waals surface area contributed by atoms with Gasteiger partial charge in [-0.05, 0) is 31.7 Å². The van der Waals surface area contributed by atoms with Gasteiger partial charge in [0.15, 0.2) is 11.5 Å². The molecule has 1 amide bonds. The van der Waals surface area contributed by atoms with Crippen molar-refractivity contribution in [3.05, 3.63) is 49.1 Å². The number of nitrogens with zero attached hydrogens (tertiary/aromatic N) is 7. The molecule has 2 N–H and O–H groups in total. The number of anilines is 2. The van der Waals surface area contributed by atoms with Crippen LogP contribution >= 0.6 is 11.8 Å². The maximum Gasteiger partial charge on any atom is 0.413 e. The second-order valence-corrected chi connectivity index (χ2v) is 10.9. The third-order valence-electron chi connectivity index (χ3n) is 7.15. The summed E-state index contributed by atoms with van der Waals surface area (Å²) in [6.45, 7) is 2.49. The highest BCUT2D eigenvalue weighted by atomic mass is 32.2. The Balaban J connectivity index is 1.35. The number of thioether (sulfide) groups is 1. The molecule has 13 heteroatoms. The van der Waals surface area contributed by atoms with E-state index in [0.29, 0.717) is 34.8 Å². The normalized spacial score (nSPS) is 17.1. The molecule has 0 saturated carbocycles. The van der Waals surface area contributed by atoms with Gasteiger partial charge in [0, 0.05) is 54.9 Å². The zero-order valence-corrected chi connectivity index (χ0v) is 22.8. The van der Waals surface area contributed by atoms with Gasteiger partial charge in [0.05, 0.1) is 41.2 Å². The summed E-state index contributed by atoms with van der Waals surface area (Å²) in [5.41, 5.74) is 4.67. The average molecular weight is 558 g/mol. The number of carbonyl (C=O) groups excluding carboxylic acids is 1. The summed E-state index contributed by atoms with van der Waals surface area (Å²) in [5, 5.41) is 16.2. The Morgan fingerprint density at radius 2 is 2.15 bits per heavy atom. The van der Waals surface area contributed by atoms with E-state index in [0.717, 1.165) is 52.6 Å². The topological polar surface area (TPSA) is 124 Å². The van der Waals surface area contributed by atoms with E-state index in [1.165, 1.54) is 0 Å². The second-order valence-electron chi connectivity index (χ2n) is 9.79. The maximum absolute atomic E-state index is 12.9. The lowest BCUT2D eigenvalue weighted by Gasteiger charge is -2.20. The van der Waals surface area contributed by atoms with Gasteiger partial charge in [0.2, 0.25) is 0 Å². The fourth-order valence-electron chi connectivity index (χ4n) is 5.19. The number of fused-ring (bicyclic) bond motifs is 3. The number of aromatic nitrogens is 6. The Morgan fingerprint density at radius 3 is 3.00 bits per heavy atom. The molecule has 0 spiro atoms. The average Bonchev–Trinajstić information content (AvgIpc) is 3.69. The number of carbonyl (C=O) groups is 1. The molecule has 12 nitrogen and oxygen atoms in total. The zero-order valence-electron chi connectivity index (χ0n) is 22.0. The van der Waals surface area contributed by atoms with Crippen molar-refractivity contribution in [3.8, 4) is 22.7 Å². The second kappa shape index (κ2) is 9.99. The first-order valence-corrected chi connectivity index (χ1v) is 14.0. The molecule has 1 fully saturated rings. The van der Waals surface area contributed by atoms with E-state index in [9.17, 15) is 4.79 Å². The number of benzene rings is 1. The van der Waals surface area contributed by atoms with Crippen LogP contribution in [0.5, 0.6) is 5.75 Å². The first-order valence-electron chi connectivity index (χ1n) is 13.0. The van der Waals surface area contributed by atoms with Crippen molar-refractivity contribution >= 4 is 45.9 Å². The number of amides is 1. The zero-order chi connectivity index (χ0) is 27.2. The maximum atomic E-state index is 12.9. The molecule has 7 rings (SSSR count).